The van der Waals surface area contributed by atoms with Gasteiger partial charge in [0.15, 0.2) is 0 Å². The Balaban J connectivity index is 1.64. The molecule has 0 aromatic carbocycles. The second-order valence-corrected chi connectivity index (χ2v) is 7.01. The highest BCUT2D eigenvalue weighted by Crippen LogP contribution is 2.46. The summed E-state index contributed by atoms with van der Waals surface area (Å²) in [7, 11) is 0. The predicted octanol–water partition coefficient (Wildman–Crippen LogP) is 0.489. The van der Waals surface area contributed by atoms with Gasteiger partial charge in [0, 0.05) is 32.1 Å². The van der Waals surface area contributed by atoms with Crippen LogP contribution in [-0.2, 0) is 9.59 Å². The topological polar surface area (TPSA) is 75.4 Å². The first kappa shape index (κ1) is 13.9. The van der Waals surface area contributed by atoms with Crippen molar-refractivity contribution < 1.29 is 9.59 Å². The van der Waals surface area contributed by atoms with E-state index in [0.29, 0.717) is 24.8 Å². The molecule has 0 aromatic heterocycles. The highest BCUT2D eigenvalue weighted by atomic mass is 16.2. The molecule has 2 amide bonds. The molecular formula is C15H25N3O2. The number of amides is 2. The van der Waals surface area contributed by atoms with Crippen molar-refractivity contribution >= 4 is 11.8 Å². The van der Waals surface area contributed by atoms with E-state index < -0.39 is 0 Å². The lowest BCUT2D eigenvalue weighted by Crippen LogP contribution is -2.60. The molecule has 5 nitrogen and oxygen atoms in total. The molecule has 2 unspecified atom stereocenters. The zero-order valence-corrected chi connectivity index (χ0v) is 12.2. The molecular weight excluding hydrogens is 254 g/mol. The van der Waals surface area contributed by atoms with Crippen molar-refractivity contribution in [2.24, 2.45) is 23.0 Å². The van der Waals surface area contributed by atoms with Crippen molar-refractivity contribution in [2.75, 3.05) is 19.6 Å². The second kappa shape index (κ2) is 5.02. The Morgan fingerprint density at radius 3 is 2.85 bits per heavy atom. The maximum Gasteiger partial charge on any atom is 0.230 e. The molecule has 2 saturated heterocycles. The number of fused-ring (bicyclic) bond motifs is 1. The van der Waals surface area contributed by atoms with Crippen LogP contribution in [0.15, 0.2) is 0 Å². The lowest BCUT2D eigenvalue weighted by Gasteiger charge is -2.49. The van der Waals surface area contributed by atoms with Gasteiger partial charge in [-0.1, -0.05) is 6.92 Å². The predicted molar refractivity (Wildman–Crippen MR) is 75.7 cm³/mol. The van der Waals surface area contributed by atoms with Gasteiger partial charge in [0.25, 0.3) is 0 Å². The van der Waals surface area contributed by atoms with Crippen molar-refractivity contribution in [1.82, 2.24) is 10.2 Å². The van der Waals surface area contributed by atoms with Crippen LogP contribution in [0, 0.1) is 17.3 Å². The van der Waals surface area contributed by atoms with Gasteiger partial charge in [0.1, 0.15) is 0 Å². The Morgan fingerprint density at radius 1 is 1.45 bits per heavy atom. The average Bonchev–Trinajstić information content (AvgIpc) is 2.42. The summed E-state index contributed by atoms with van der Waals surface area (Å²) in [6.45, 7) is 4.21. The van der Waals surface area contributed by atoms with Crippen molar-refractivity contribution in [3.63, 3.8) is 0 Å². The summed E-state index contributed by atoms with van der Waals surface area (Å²) in [6.07, 6.45) is 4.26. The molecule has 3 rings (SSSR count). The first-order chi connectivity index (χ1) is 9.54. The Bertz CT molecular complexity index is 417. The molecule has 3 N–H and O–H groups in total. The van der Waals surface area contributed by atoms with E-state index >= 15 is 0 Å². The molecule has 2 heterocycles. The largest absolute Gasteiger partial charge is 0.353 e. The Kier molecular flexibility index (Phi) is 3.48. The minimum Gasteiger partial charge on any atom is -0.353 e. The van der Waals surface area contributed by atoms with Crippen LogP contribution in [0.2, 0.25) is 0 Å². The van der Waals surface area contributed by atoms with Crippen LogP contribution >= 0.6 is 0 Å². The lowest BCUT2D eigenvalue weighted by molar-refractivity contribution is -0.152. The Hall–Kier alpha value is -1.10. The third-order valence-electron chi connectivity index (χ3n) is 5.43. The maximum absolute atomic E-state index is 12.8. The molecule has 112 valence electrons. The number of hydrogen-bond donors (Lipinski definition) is 2. The number of carbonyl (C=O) groups is 2. The fourth-order valence-corrected chi connectivity index (χ4v) is 4.33. The number of hydrogen-bond acceptors (Lipinski definition) is 3. The van der Waals surface area contributed by atoms with Gasteiger partial charge in [-0.05, 0) is 37.5 Å². The number of nitrogens with two attached hydrogens (primary N) is 1. The van der Waals surface area contributed by atoms with E-state index in [1.54, 1.807) is 0 Å². The van der Waals surface area contributed by atoms with Crippen LogP contribution < -0.4 is 11.1 Å². The molecule has 1 aliphatic carbocycles. The Morgan fingerprint density at radius 2 is 2.20 bits per heavy atom. The molecule has 0 bridgehead atoms. The SMILES string of the molecule is CC1CC(CN)(C(=O)N2CCC3NC(=O)CCC3C2)C1. The third kappa shape index (κ3) is 2.22. The fourth-order valence-electron chi connectivity index (χ4n) is 4.33. The first-order valence-electron chi connectivity index (χ1n) is 7.83. The second-order valence-electron chi connectivity index (χ2n) is 7.01. The average molecular weight is 279 g/mol. The smallest absolute Gasteiger partial charge is 0.230 e. The summed E-state index contributed by atoms with van der Waals surface area (Å²) in [6, 6.07) is 0.273. The van der Waals surface area contributed by atoms with Crippen LogP contribution in [0.5, 0.6) is 0 Å². The third-order valence-corrected chi connectivity index (χ3v) is 5.43. The summed E-state index contributed by atoms with van der Waals surface area (Å²) >= 11 is 0. The van der Waals surface area contributed by atoms with Crippen LogP contribution in [0.4, 0.5) is 0 Å². The van der Waals surface area contributed by atoms with Gasteiger partial charge >= 0.3 is 0 Å². The van der Waals surface area contributed by atoms with Crippen molar-refractivity contribution in [2.45, 2.75) is 45.1 Å². The molecule has 3 fully saturated rings. The fraction of sp³-hybridized carbons (Fsp3) is 0.867. The summed E-state index contributed by atoms with van der Waals surface area (Å²) < 4.78 is 0. The number of carbonyl (C=O) groups excluding carboxylic acids is 2. The minimum atomic E-state index is -0.288. The van der Waals surface area contributed by atoms with Gasteiger partial charge in [-0.3, -0.25) is 9.59 Å². The number of rotatable bonds is 2. The lowest BCUT2D eigenvalue weighted by atomic mass is 9.61. The van der Waals surface area contributed by atoms with E-state index in [0.717, 1.165) is 38.8 Å². The van der Waals surface area contributed by atoms with E-state index in [-0.39, 0.29) is 23.3 Å². The molecule has 3 aliphatic rings. The van der Waals surface area contributed by atoms with Crippen LogP contribution in [-0.4, -0.2) is 42.4 Å². The summed E-state index contributed by atoms with van der Waals surface area (Å²) in [4.78, 5) is 26.2. The van der Waals surface area contributed by atoms with Crippen molar-refractivity contribution in [3.05, 3.63) is 0 Å². The molecule has 0 radical (unpaired) electrons. The van der Waals surface area contributed by atoms with E-state index in [1.807, 2.05) is 4.90 Å². The summed E-state index contributed by atoms with van der Waals surface area (Å²) in [5, 5.41) is 3.06. The van der Waals surface area contributed by atoms with Gasteiger partial charge < -0.3 is 16.0 Å². The normalized spacial score (nSPS) is 40.6. The standard InChI is InChI=1S/C15H25N3O2/c1-10-6-15(7-10,9-16)14(20)18-5-4-12-11(8-18)2-3-13(19)17-12/h10-12H,2-9,16H2,1H3,(H,17,19). The molecule has 2 atom stereocenters. The van der Waals surface area contributed by atoms with E-state index in [4.69, 9.17) is 5.73 Å². The van der Waals surface area contributed by atoms with Gasteiger partial charge in [-0.25, -0.2) is 0 Å². The molecule has 0 aromatic rings. The summed E-state index contributed by atoms with van der Waals surface area (Å²) in [5.41, 5.74) is 5.60. The van der Waals surface area contributed by atoms with Gasteiger partial charge in [-0.15, -0.1) is 0 Å². The summed E-state index contributed by atoms with van der Waals surface area (Å²) in [5.74, 6) is 1.47. The van der Waals surface area contributed by atoms with Gasteiger partial charge in [0.2, 0.25) is 11.8 Å². The highest BCUT2D eigenvalue weighted by Gasteiger charge is 2.50. The van der Waals surface area contributed by atoms with Gasteiger partial charge in [0.05, 0.1) is 5.41 Å². The minimum absolute atomic E-state index is 0.164. The van der Waals surface area contributed by atoms with E-state index in [1.165, 1.54) is 0 Å². The van der Waals surface area contributed by atoms with Gasteiger partial charge in [-0.2, -0.15) is 0 Å². The Labute approximate surface area is 120 Å². The zero-order valence-electron chi connectivity index (χ0n) is 12.2. The van der Waals surface area contributed by atoms with Crippen LogP contribution in [0.1, 0.15) is 39.0 Å². The highest BCUT2D eigenvalue weighted by molar-refractivity contribution is 5.84. The molecule has 1 saturated carbocycles. The quantitative estimate of drug-likeness (QED) is 0.772. The van der Waals surface area contributed by atoms with Crippen molar-refractivity contribution in [1.29, 1.82) is 0 Å². The molecule has 0 spiro atoms. The first-order valence-corrected chi connectivity index (χ1v) is 7.83. The zero-order chi connectivity index (χ0) is 14.3. The van der Waals surface area contributed by atoms with Crippen LogP contribution in [0.3, 0.4) is 0 Å². The van der Waals surface area contributed by atoms with E-state index in [9.17, 15) is 9.59 Å². The van der Waals surface area contributed by atoms with Crippen LogP contribution in [0.25, 0.3) is 0 Å². The monoisotopic (exact) mass is 279 g/mol. The molecule has 2 aliphatic heterocycles. The maximum atomic E-state index is 12.8. The molecule has 20 heavy (non-hydrogen) atoms. The van der Waals surface area contributed by atoms with E-state index in [2.05, 4.69) is 12.2 Å². The van der Waals surface area contributed by atoms with Crippen molar-refractivity contribution in [3.8, 4) is 0 Å². The number of nitrogens with one attached hydrogen (secondary N) is 1. The number of piperidine rings is 2. The number of nitrogens with zero attached hydrogens (tertiary/aromatic N) is 1. The number of likely N-dealkylation sites (tertiary alicyclic amines) is 1. The molecule has 5 heteroatoms.